The zero-order chi connectivity index (χ0) is 9.64. The van der Waals surface area contributed by atoms with Crippen molar-refractivity contribution in [3.8, 4) is 0 Å². The second kappa shape index (κ2) is 2.53. The highest BCUT2D eigenvalue weighted by Crippen LogP contribution is 2.36. The van der Waals surface area contributed by atoms with Crippen molar-refractivity contribution in [2.45, 2.75) is 31.8 Å². The Balaban J connectivity index is 2.29. The zero-order valence-electron chi connectivity index (χ0n) is 7.74. The summed E-state index contributed by atoms with van der Waals surface area (Å²) in [5.74, 6) is -0.682. The van der Waals surface area contributed by atoms with Crippen molar-refractivity contribution < 1.29 is 14.3 Å². The van der Waals surface area contributed by atoms with E-state index in [0.29, 0.717) is 0 Å². The summed E-state index contributed by atoms with van der Waals surface area (Å²) in [7, 11) is 0. The van der Waals surface area contributed by atoms with Gasteiger partial charge in [0.2, 0.25) is 0 Å². The topological polar surface area (TPSA) is 35.5 Å². The molecule has 2 aliphatic rings. The molecule has 3 heteroatoms. The van der Waals surface area contributed by atoms with Crippen LogP contribution >= 0.6 is 0 Å². The lowest BCUT2D eigenvalue weighted by molar-refractivity contribution is -0.152. The lowest BCUT2D eigenvalue weighted by atomic mass is 10.1. The van der Waals surface area contributed by atoms with Crippen molar-refractivity contribution in [1.29, 1.82) is 0 Å². The summed E-state index contributed by atoms with van der Waals surface area (Å²) >= 11 is 0. The molecular formula is C10H12O3. The van der Waals surface area contributed by atoms with Gasteiger partial charge in [-0.15, -0.1) is 0 Å². The minimum atomic E-state index is -0.659. The van der Waals surface area contributed by atoms with Crippen molar-refractivity contribution in [3.63, 3.8) is 0 Å². The smallest absolute Gasteiger partial charge is 0.187 e. The molecule has 0 radical (unpaired) electrons. The molecule has 1 fully saturated rings. The first kappa shape index (κ1) is 8.66. The molecule has 0 bridgehead atoms. The highest BCUT2D eigenvalue weighted by atomic mass is 16.8. The third-order valence-electron chi connectivity index (χ3n) is 2.25. The molecule has 1 saturated heterocycles. The van der Waals surface area contributed by atoms with Gasteiger partial charge in [-0.25, -0.2) is 0 Å². The molecule has 13 heavy (non-hydrogen) atoms. The van der Waals surface area contributed by atoms with Gasteiger partial charge < -0.3 is 9.47 Å². The van der Waals surface area contributed by atoms with Gasteiger partial charge in [0.15, 0.2) is 17.7 Å². The number of hydrogen-bond acceptors (Lipinski definition) is 3. The summed E-state index contributed by atoms with van der Waals surface area (Å²) < 4.78 is 11.0. The summed E-state index contributed by atoms with van der Waals surface area (Å²) in [4.78, 5) is 11.4. The molecule has 0 aromatic rings. The number of ether oxygens (including phenoxy) is 2. The van der Waals surface area contributed by atoms with Crippen LogP contribution in [0, 0.1) is 0 Å². The SMILES string of the molecule is C=CC1=CC(=O)[C@@H]2OC(C)(C)O[C@H]12. The van der Waals surface area contributed by atoms with Crippen LogP contribution in [0.3, 0.4) is 0 Å². The van der Waals surface area contributed by atoms with Gasteiger partial charge in [-0.1, -0.05) is 12.7 Å². The Morgan fingerprint density at radius 2 is 2.08 bits per heavy atom. The van der Waals surface area contributed by atoms with Gasteiger partial charge in [-0.05, 0) is 25.5 Å². The highest BCUT2D eigenvalue weighted by Gasteiger charge is 2.48. The van der Waals surface area contributed by atoms with Crippen LogP contribution in [0.2, 0.25) is 0 Å². The average molecular weight is 180 g/mol. The van der Waals surface area contributed by atoms with Gasteiger partial charge in [0.05, 0.1) is 0 Å². The lowest BCUT2D eigenvalue weighted by Crippen LogP contribution is -2.25. The van der Waals surface area contributed by atoms with Gasteiger partial charge >= 0.3 is 0 Å². The van der Waals surface area contributed by atoms with Gasteiger partial charge in [0.25, 0.3) is 0 Å². The fourth-order valence-corrected chi connectivity index (χ4v) is 1.72. The van der Waals surface area contributed by atoms with E-state index in [1.165, 1.54) is 6.08 Å². The van der Waals surface area contributed by atoms with E-state index in [9.17, 15) is 4.79 Å². The molecule has 0 aromatic heterocycles. The first-order chi connectivity index (χ1) is 6.03. The van der Waals surface area contributed by atoms with E-state index in [0.717, 1.165) is 5.57 Å². The van der Waals surface area contributed by atoms with Crippen LogP contribution in [0.4, 0.5) is 0 Å². The lowest BCUT2D eigenvalue weighted by Gasteiger charge is -2.17. The van der Waals surface area contributed by atoms with Crippen LogP contribution in [-0.2, 0) is 14.3 Å². The van der Waals surface area contributed by atoms with Crippen molar-refractivity contribution >= 4 is 5.78 Å². The van der Waals surface area contributed by atoms with Crippen molar-refractivity contribution in [2.75, 3.05) is 0 Å². The Hall–Kier alpha value is -0.930. The van der Waals surface area contributed by atoms with Gasteiger partial charge in [0, 0.05) is 0 Å². The first-order valence-electron chi connectivity index (χ1n) is 4.27. The summed E-state index contributed by atoms with van der Waals surface area (Å²) in [5, 5.41) is 0. The molecule has 70 valence electrons. The number of ketones is 1. The molecule has 0 unspecified atom stereocenters. The number of carbonyl (C=O) groups excluding carboxylic acids is 1. The summed E-state index contributed by atoms with van der Waals surface area (Å²) in [6.07, 6.45) is 2.48. The number of fused-ring (bicyclic) bond motifs is 1. The van der Waals surface area contributed by atoms with E-state index in [-0.39, 0.29) is 11.9 Å². The first-order valence-corrected chi connectivity index (χ1v) is 4.27. The standard InChI is InChI=1S/C10H12O3/c1-4-6-5-7(11)9-8(6)12-10(2,3)13-9/h4-5,8-9H,1H2,2-3H3/t8-,9+/m1/s1. The predicted molar refractivity (Wildman–Crippen MR) is 47.1 cm³/mol. The van der Waals surface area contributed by atoms with Crippen molar-refractivity contribution in [1.82, 2.24) is 0 Å². The minimum absolute atomic E-state index is 0.0227. The van der Waals surface area contributed by atoms with Crippen LogP contribution in [0.15, 0.2) is 24.3 Å². The Morgan fingerprint density at radius 3 is 2.69 bits per heavy atom. The van der Waals surface area contributed by atoms with Gasteiger partial charge in [0.1, 0.15) is 6.10 Å². The summed E-state index contributed by atoms with van der Waals surface area (Å²) in [5.41, 5.74) is 0.820. The van der Waals surface area contributed by atoms with Gasteiger partial charge in [-0.3, -0.25) is 4.79 Å². The van der Waals surface area contributed by atoms with Crippen molar-refractivity contribution in [2.24, 2.45) is 0 Å². The number of carbonyl (C=O) groups is 1. The third kappa shape index (κ3) is 1.24. The summed E-state index contributed by atoms with van der Waals surface area (Å²) in [6, 6.07) is 0. The Kier molecular flexibility index (Phi) is 1.68. The van der Waals surface area contributed by atoms with E-state index in [4.69, 9.17) is 9.47 Å². The fourth-order valence-electron chi connectivity index (χ4n) is 1.72. The Labute approximate surface area is 77.0 Å². The molecule has 1 heterocycles. The van der Waals surface area contributed by atoms with Crippen molar-refractivity contribution in [3.05, 3.63) is 24.3 Å². The minimum Gasteiger partial charge on any atom is -0.339 e. The van der Waals surface area contributed by atoms with Crippen LogP contribution in [0.5, 0.6) is 0 Å². The maximum Gasteiger partial charge on any atom is 0.187 e. The van der Waals surface area contributed by atoms with E-state index in [1.54, 1.807) is 19.9 Å². The largest absolute Gasteiger partial charge is 0.339 e. The maximum atomic E-state index is 11.4. The normalized spacial score (nSPS) is 35.8. The molecular weight excluding hydrogens is 168 g/mol. The molecule has 2 rings (SSSR count). The molecule has 0 saturated carbocycles. The molecule has 1 aliphatic carbocycles. The molecule has 0 N–H and O–H groups in total. The highest BCUT2D eigenvalue weighted by molar-refractivity contribution is 5.99. The average Bonchev–Trinajstić information content (AvgIpc) is 2.47. The van der Waals surface area contributed by atoms with Gasteiger partial charge in [-0.2, -0.15) is 0 Å². The second-order valence-corrected chi connectivity index (χ2v) is 3.73. The molecule has 3 nitrogen and oxygen atoms in total. The predicted octanol–water partition coefficient (Wildman–Crippen LogP) is 1.20. The van der Waals surface area contributed by atoms with E-state index in [2.05, 4.69) is 6.58 Å². The van der Waals surface area contributed by atoms with E-state index in [1.807, 2.05) is 0 Å². The van der Waals surface area contributed by atoms with Crippen LogP contribution in [0.1, 0.15) is 13.8 Å². The molecule has 0 aromatic carbocycles. The zero-order valence-corrected chi connectivity index (χ0v) is 7.74. The quantitative estimate of drug-likeness (QED) is 0.608. The van der Waals surface area contributed by atoms with E-state index < -0.39 is 11.9 Å². The number of rotatable bonds is 1. The molecule has 1 aliphatic heterocycles. The number of hydrogen-bond donors (Lipinski definition) is 0. The molecule has 0 amide bonds. The molecule has 0 spiro atoms. The Morgan fingerprint density at radius 1 is 1.46 bits per heavy atom. The Bertz CT molecular complexity index is 301. The second-order valence-electron chi connectivity index (χ2n) is 3.73. The molecule has 2 atom stereocenters. The summed E-state index contributed by atoms with van der Waals surface area (Å²) in [6.45, 7) is 7.24. The maximum absolute atomic E-state index is 11.4. The third-order valence-corrected chi connectivity index (χ3v) is 2.25. The fraction of sp³-hybridized carbons (Fsp3) is 0.500. The van der Waals surface area contributed by atoms with Crippen LogP contribution in [0.25, 0.3) is 0 Å². The van der Waals surface area contributed by atoms with Crippen LogP contribution < -0.4 is 0 Å². The monoisotopic (exact) mass is 180 g/mol. The van der Waals surface area contributed by atoms with Crippen LogP contribution in [-0.4, -0.2) is 23.8 Å². The van der Waals surface area contributed by atoms with E-state index >= 15 is 0 Å².